The van der Waals surface area contributed by atoms with Crippen LogP contribution in [0.2, 0.25) is 10.0 Å². The molecular formula is C11H8Cl2N2O2S. The molecule has 0 aliphatic heterocycles. The van der Waals surface area contributed by atoms with Crippen molar-refractivity contribution < 1.29 is 9.53 Å². The molecule has 2 heterocycles. The molecule has 0 aromatic carbocycles. The Morgan fingerprint density at radius 1 is 1.44 bits per heavy atom. The number of carbonyl (C=O) groups is 1. The molecule has 0 fully saturated rings. The third-order valence-corrected chi connectivity index (χ3v) is 3.82. The zero-order chi connectivity index (χ0) is 13.3. The number of rotatable bonds is 2. The topological polar surface area (TPSA) is 52.1 Å². The minimum Gasteiger partial charge on any atom is -0.465 e. The van der Waals surface area contributed by atoms with E-state index in [-0.39, 0.29) is 0 Å². The molecule has 2 aromatic heterocycles. The molecule has 2 rings (SSSR count). The molecule has 0 aliphatic carbocycles. The Bertz CT molecular complexity index is 613. The van der Waals surface area contributed by atoms with Crippen molar-refractivity contribution in [3.8, 4) is 10.7 Å². The zero-order valence-corrected chi connectivity index (χ0v) is 11.9. The summed E-state index contributed by atoms with van der Waals surface area (Å²) in [6.07, 6.45) is 1.48. The third-order valence-electron chi connectivity index (χ3n) is 2.18. The predicted octanol–water partition coefficient (Wildman–Crippen LogP) is 3.61. The maximum Gasteiger partial charge on any atom is 0.349 e. The molecule has 0 aliphatic rings. The van der Waals surface area contributed by atoms with Gasteiger partial charge in [-0.1, -0.05) is 23.2 Å². The van der Waals surface area contributed by atoms with E-state index in [4.69, 9.17) is 23.2 Å². The first kappa shape index (κ1) is 13.3. The fourth-order valence-corrected chi connectivity index (χ4v) is 2.87. The maximum atomic E-state index is 11.5. The molecule has 0 unspecified atom stereocenters. The molecule has 2 aromatic rings. The molecule has 4 nitrogen and oxygen atoms in total. The lowest BCUT2D eigenvalue weighted by Gasteiger charge is -1.98. The highest BCUT2D eigenvalue weighted by molar-refractivity contribution is 7.17. The van der Waals surface area contributed by atoms with Crippen LogP contribution in [0.1, 0.15) is 15.4 Å². The fourth-order valence-electron chi connectivity index (χ4n) is 1.35. The summed E-state index contributed by atoms with van der Waals surface area (Å²) in [5.74, 6) is -0.415. The lowest BCUT2D eigenvalue weighted by Crippen LogP contribution is -1.99. The Morgan fingerprint density at radius 3 is 2.78 bits per heavy atom. The average Bonchev–Trinajstić information content (AvgIpc) is 2.70. The molecule has 18 heavy (non-hydrogen) atoms. The quantitative estimate of drug-likeness (QED) is 0.795. The number of carbonyl (C=O) groups excluding carboxylic acids is 1. The summed E-state index contributed by atoms with van der Waals surface area (Å²) in [6, 6.07) is 1.58. The van der Waals surface area contributed by atoms with Crippen LogP contribution in [0, 0.1) is 6.92 Å². The van der Waals surface area contributed by atoms with Crippen LogP contribution in [0.5, 0.6) is 0 Å². The lowest BCUT2D eigenvalue weighted by atomic mass is 10.3. The zero-order valence-electron chi connectivity index (χ0n) is 9.53. The van der Waals surface area contributed by atoms with E-state index < -0.39 is 5.97 Å². The van der Waals surface area contributed by atoms with Crippen LogP contribution in [0.15, 0.2) is 12.3 Å². The molecule has 0 radical (unpaired) electrons. The largest absolute Gasteiger partial charge is 0.465 e. The van der Waals surface area contributed by atoms with Gasteiger partial charge in [0.2, 0.25) is 0 Å². The third kappa shape index (κ3) is 2.48. The van der Waals surface area contributed by atoms with Gasteiger partial charge in [0.1, 0.15) is 15.6 Å². The van der Waals surface area contributed by atoms with Gasteiger partial charge in [-0.2, -0.15) is 0 Å². The Balaban J connectivity index is 2.49. The molecule has 0 amide bonds. The van der Waals surface area contributed by atoms with E-state index in [0.29, 0.717) is 31.3 Å². The molecule has 0 atom stereocenters. The summed E-state index contributed by atoms with van der Waals surface area (Å²) in [6.45, 7) is 1.73. The van der Waals surface area contributed by atoms with Crippen molar-refractivity contribution in [3.05, 3.63) is 32.9 Å². The normalized spacial score (nSPS) is 10.4. The molecule has 7 heteroatoms. The molecule has 0 bridgehead atoms. The number of esters is 1. The van der Waals surface area contributed by atoms with Gasteiger partial charge >= 0.3 is 5.97 Å². The van der Waals surface area contributed by atoms with E-state index in [0.717, 1.165) is 0 Å². The number of aryl methyl sites for hydroxylation is 1. The number of hydrogen-bond donors (Lipinski definition) is 0. The Hall–Kier alpha value is -1.17. The lowest BCUT2D eigenvalue weighted by molar-refractivity contribution is 0.0605. The van der Waals surface area contributed by atoms with Crippen molar-refractivity contribution in [1.82, 2.24) is 9.97 Å². The predicted molar refractivity (Wildman–Crippen MR) is 71.4 cm³/mol. The minimum absolute atomic E-state index is 0.396. The van der Waals surface area contributed by atoms with Gasteiger partial charge in [-0.15, -0.1) is 11.3 Å². The number of methoxy groups -OCH3 is 1. The maximum absolute atomic E-state index is 11.5. The number of pyridine rings is 1. The Kier molecular flexibility index (Phi) is 3.85. The first-order valence-corrected chi connectivity index (χ1v) is 6.47. The first-order chi connectivity index (χ1) is 8.52. The molecule has 0 saturated carbocycles. The number of hydrogen-bond acceptors (Lipinski definition) is 5. The second-order valence-electron chi connectivity index (χ2n) is 3.41. The Labute approximate surface area is 118 Å². The first-order valence-electron chi connectivity index (χ1n) is 4.90. The molecular weight excluding hydrogens is 295 g/mol. The van der Waals surface area contributed by atoms with Gasteiger partial charge in [0.15, 0.2) is 0 Å². The van der Waals surface area contributed by atoms with Crippen LogP contribution in [0.4, 0.5) is 0 Å². The van der Waals surface area contributed by atoms with Gasteiger partial charge in [0, 0.05) is 6.20 Å². The van der Waals surface area contributed by atoms with Gasteiger partial charge in [-0.3, -0.25) is 4.98 Å². The monoisotopic (exact) mass is 302 g/mol. The summed E-state index contributed by atoms with van der Waals surface area (Å²) >= 11 is 13.0. The van der Waals surface area contributed by atoms with Crippen LogP contribution in [-0.4, -0.2) is 23.0 Å². The van der Waals surface area contributed by atoms with Crippen LogP contribution < -0.4 is 0 Å². The molecule has 0 N–H and O–H groups in total. The van der Waals surface area contributed by atoms with E-state index in [1.807, 2.05) is 0 Å². The SMILES string of the molecule is COC(=O)c1sc(-c2ncc(Cl)cc2Cl)nc1C. The highest BCUT2D eigenvalue weighted by Gasteiger charge is 2.18. The Morgan fingerprint density at radius 2 is 2.17 bits per heavy atom. The summed E-state index contributed by atoms with van der Waals surface area (Å²) in [5.41, 5.74) is 1.10. The summed E-state index contributed by atoms with van der Waals surface area (Å²) in [4.78, 5) is 20.3. The summed E-state index contributed by atoms with van der Waals surface area (Å²) in [7, 11) is 1.33. The van der Waals surface area contributed by atoms with Gasteiger partial charge in [0.05, 0.1) is 22.8 Å². The van der Waals surface area contributed by atoms with E-state index in [1.165, 1.54) is 24.6 Å². The number of thiazole rings is 1. The van der Waals surface area contributed by atoms with Crippen LogP contribution in [-0.2, 0) is 4.74 Å². The molecule has 0 spiro atoms. The average molecular weight is 303 g/mol. The molecule has 0 saturated heterocycles. The van der Waals surface area contributed by atoms with Gasteiger partial charge in [-0.25, -0.2) is 9.78 Å². The highest BCUT2D eigenvalue weighted by atomic mass is 35.5. The van der Waals surface area contributed by atoms with Crippen molar-refractivity contribution in [3.63, 3.8) is 0 Å². The number of aromatic nitrogens is 2. The highest BCUT2D eigenvalue weighted by Crippen LogP contribution is 2.32. The number of nitrogens with zero attached hydrogens (tertiary/aromatic N) is 2. The van der Waals surface area contributed by atoms with Crippen molar-refractivity contribution >= 4 is 40.5 Å². The van der Waals surface area contributed by atoms with Crippen LogP contribution in [0.3, 0.4) is 0 Å². The minimum atomic E-state index is -0.415. The van der Waals surface area contributed by atoms with Crippen molar-refractivity contribution in [2.24, 2.45) is 0 Å². The van der Waals surface area contributed by atoms with E-state index in [2.05, 4.69) is 14.7 Å². The smallest absolute Gasteiger partial charge is 0.349 e. The van der Waals surface area contributed by atoms with E-state index in [1.54, 1.807) is 13.0 Å². The second kappa shape index (κ2) is 5.22. The van der Waals surface area contributed by atoms with Crippen molar-refractivity contribution in [1.29, 1.82) is 0 Å². The standard InChI is InChI=1S/C11H8Cl2N2O2S/c1-5-9(11(16)17-2)18-10(15-5)8-7(13)3-6(12)4-14-8/h3-4H,1-2H3. The van der Waals surface area contributed by atoms with Gasteiger partial charge in [-0.05, 0) is 13.0 Å². The fraction of sp³-hybridized carbons (Fsp3) is 0.182. The van der Waals surface area contributed by atoms with Crippen LogP contribution >= 0.6 is 34.5 Å². The van der Waals surface area contributed by atoms with Gasteiger partial charge in [0.25, 0.3) is 0 Å². The van der Waals surface area contributed by atoms with E-state index in [9.17, 15) is 4.79 Å². The number of halogens is 2. The summed E-state index contributed by atoms with van der Waals surface area (Å²) < 4.78 is 4.67. The van der Waals surface area contributed by atoms with Crippen LogP contribution in [0.25, 0.3) is 10.7 Å². The number of ether oxygens (including phenoxy) is 1. The summed E-state index contributed by atoms with van der Waals surface area (Å²) in [5, 5.41) is 1.41. The molecule has 94 valence electrons. The van der Waals surface area contributed by atoms with Crippen molar-refractivity contribution in [2.45, 2.75) is 6.92 Å². The van der Waals surface area contributed by atoms with E-state index >= 15 is 0 Å². The van der Waals surface area contributed by atoms with Gasteiger partial charge < -0.3 is 4.74 Å². The van der Waals surface area contributed by atoms with Crippen molar-refractivity contribution in [2.75, 3.05) is 7.11 Å². The second-order valence-corrected chi connectivity index (χ2v) is 5.25.